The van der Waals surface area contributed by atoms with E-state index < -0.39 is 97.5 Å². The Balaban J connectivity index is 5.24. The van der Waals surface area contributed by atoms with Crippen molar-refractivity contribution in [3.05, 3.63) is 0 Å². The summed E-state index contributed by atoms with van der Waals surface area (Å²) in [7, 11) is -9.92. The van der Waals surface area contributed by atoms with Gasteiger partial charge in [-0.2, -0.15) is 0 Å². The van der Waals surface area contributed by atoms with Crippen LogP contribution in [-0.4, -0.2) is 96.7 Å². The number of ether oxygens (including phenoxy) is 4. The summed E-state index contributed by atoms with van der Waals surface area (Å²) >= 11 is 0. The van der Waals surface area contributed by atoms with Crippen molar-refractivity contribution in [1.82, 2.24) is 0 Å². The molecule has 0 saturated carbocycles. The van der Waals surface area contributed by atoms with Crippen molar-refractivity contribution in [3.8, 4) is 0 Å². The van der Waals surface area contributed by atoms with Gasteiger partial charge in [0.1, 0.15) is 19.3 Å². The molecule has 570 valence electrons. The predicted molar refractivity (Wildman–Crippen MR) is 391 cm³/mol. The summed E-state index contributed by atoms with van der Waals surface area (Å²) in [6.45, 7) is 14.2. The summed E-state index contributed by atoms with van der Waals surface area (Å²) in [4.78, 5) is 72.9. The number of phosphoric ester groups is 2. The van der Waals surface area contributed by atoms with E-state index in [1.165, 1.54) is 186 Å². The zero-order valence-corrected chi connectivity index (χ0v) is 64.8. The van der Waals surface area contributed by atoms with E-state index in [9.17, 15) is 43.2 Å². The fourth-order valence-electron chi connectivity index (χ4n) is 11.7. The Morgan fingerprint density at radius 1 is 0.260 bits per heavy atom. The first-order valence-electron chi connectivity index (χ1n) is 39.7. The molecule has 0 aliphatic heterocycles. The number of esters is 4. The summed E-state index contributed by atoms with van der Waals surface area (Å²) in [6, 6.07) is 0. The molecule has 0 heterocycles. The Kier molecular flexibility index (Phi) is 65.0. The molecule has 0 aromatic rings. The molecule has 0 aromatic heterocycles. The van der Waals surface area contributed by atoms with E-state index in [1.807, 2.05) is 0 Å². The van der Waals surface area contributed by atoms with Crippen LogP contribution in [-0.2, 0) is 65.4 Å². The summed E-state index contributed by atoms with van der Waals surface area (Å²) in [5, 5.41) is 10.6. The number of hydrogen-bond donors (Lipinski definition) is 3. The van der Waals surface area contributed by atoms with Crippen molar-refractivity contribution >= 4 is 39.5 Å². The van der Waals surface area contributed by atoms with Crippen LogP contribution in [0, 0.1) is 23.7 Å². The average molecular weight is 1410 g/mol. The normalized spacial score (nSPS) is 14.1. The molecule has 0 aliphatic carbocycles. The molecule has 0 aromatic carbocycles. The highest BCUT2D eigenvalue weighted by Gasteiger charge is 2.30. The van der Waals surface area contributed by atoms with Crippen molar-refractivity contribution < 1.29 is 80.2 Å². The monoisotopic (exact) mass is 1410 g/mol. The molecule has 0 radical (unpaired) electrons. The topological polar surface area (TPSA) is 237 Å². The van der Waals surface area contributed by atoms with E-state index in [2.05, 4.69) is 55.4 Å². The maximum atomic E-state index is 13.1. The minimum absolute atomic E-state index is 0.106. The zero-order chi connectivity index (χ0) is 71.0. The van der Waals surface area contributed by atoms with Crippen molar-refractivity contribution in [2.45, 2.75) is 408 Å². The van der Waals surface area contributed by atoms with E-state index in [1.54, 1.807) is 0 Å². The summed E-state index contributed by atoms with van der Waals surface area (Å²) in [6.07, 6.45) is 51.4. The van der Waals surface area contributed by atoms with E-state index >= 15 is 0 Å². The summed E-state index contributed by atoms with van der Waals surface area (Å²) in [5.74, 6) is 0.924. The lowest BCUT2D eigenvalue weighted by molar-refractivity contribution is -0.161. The van der Waals surface area contributed by atoms with E-state index in [-0.39, 0.29) is 25.7 Å². The van der Waals surface area contributed by atoms with Crippen LogP contribution >= 0.6 is 15.6 Å². The van der Waals surface area contributed by atoms with E-state index in [4.69, 9.17) is 37.0 Å². The summed E-state index contributed by atoms with van der Waals surface area (Å²) < 4.78 is 68.6. The van der Waals surface area contributed by atoms with Gasteiger partial charge in [-0.1, -0.05) is 338 Å². The second-order valence-corrected chi connectivity index (χ2v) is 32.6. The predicted octanol–water partition coefficient (Wildman–Crippen LogP) is 22.4. The highest BCUT2D eigenvalue weighted by atomic mass is 31.2. The Morgan fingerprint density at radius 2 is 0.438 bits per heavy atom. The molecule has 0 aliphatic rings. The molecule has 0 spiro atoms. The van der Waals surface area contributed by atoms with Crippen LogP contribution in [0.25, 0.3) is 0 Å². The highest BCUT2D eigenvalue weighted by molar-refractivity contribution is 7.47. The van der Waals surface area contributed by atoms with Crippen molar-refractivity contribution in [2.24, 2.45) is 23.7 Å². The minimum atomic E-state index is -4.96. The third-order valence-electron chi connectivity index (χ3n) is 17.8. The maximum Gasteiger partial charge on any atom is 0.472 e. The molecule has 3 N–H and O–H groups in total. The number of aliphatic hydroxyl groups is 1. The molecule has 96 heavy (non-hydrogen) atoms. The first kappa shape index (κ1) is 94.1. The van der Waals surface area contributed by atoms with Gasteiger partial charge in [-0.05, 0) is 49.4 Å². The van der Waals surface area contributed by atoms with Crippen LogP contribution in [0.3, 0.4) is 0 Å². The molecule has 17 nitrogen and oxygen atoms in total. The molecule has 0 rings (SSSR count). The Bertz CT molecular complexity index is 1880. The molecule has 0 fully saturated rings. The minimum Gasteiger partial charge on any atom is -0.462 e. The van der Waals surface area contributed by atoms with Crippen LogP contribution in [0.5, 0.6) is 0 Å². The van der Waals surface area contributed by atoms with Crippen molar-refractivity contribution in [3.63, 3.8) is 0 Å². The van der Waals surface area contributed by atoms with Gasteiger partial charge >= 0.3 is 39.5 Å². The lowest BCUT2D eigenvalue weighted by Gasteiger charge is -2.21. The van der Waals surface area contributed by atoms with Crippen LogP contribution in [0.1, 0.15) is 389 Å². The van der Waals surface area contributed by atoms with Gasteiger partial charge in [0, 0.05) is 25.7 Å². The molecule has 3 unspecified atom stereocenters. The van der Waals surface area contributed by atoms with Crippen LogP contribution < -0.4 is 0 Å². The Morgan fingerprint density at radius 3 is 0.646 bits per heavy atom. The number of hydrogen-bond acceptors (Lipinski definition) is 15. The lowest BCUT2D eigenvalue weighted by Crippen LogP contribution is -2.30. The average Bonchev–Trinajstić information content (AvgIpc) is 1.51. The van der Waals surface area contributed by atoms with Crippen molar-refractivity contribution in [1.29, 1.82) is 0 Å². The van der Waals surface area contributed by atoms with Gasteiger partial charge in [-0.25, -0.2) is 9.13 Å². The fraction of sp³-hybridized carbons (Fsp3) is 0.948. The number of phosphoric acid groups is 2. The zero-order valence-electron chi connectivity index (χ0n) is 63.0. The molecular formula is C77H150O17P2. The van der Waals surface area contributed by atoms with Crippen LogP contribution in [0.15, 0.2) is 0 Å². The molecule has 19 heteroatoms. The number of unbranched alkanes of at least 4 members (excludes halogenated alkanes) is 40. The van der Waals surface area contributed by atoms with Crippen LogP contribution in [0.2, 0.25) is 0 Å². The largest absolute Gasteiger partial charge is 0.472 e. The molecule has 0 amide bonds. The lowest BCUT2D eigenvalue weighted by atomic mass is 10.0. The van der Waals surface area contributed by atoms with Crippen molar-refractivity contribution in [2.75, 3.05) is 39.6 Å². The van der Waals surface area contributed by atoms with Crippen LogP contribution in [0.4, 0.5) is 0 Å². The third kappa shape index (κ3) is 70.5. The molecular weight excluding hydrogens is 1260 g/mol. The van der Waals surface area contributed by atoms with E-state index in [0.29, 0.717) is 31.6 Å². The number of rotatable bonds is 74. The quantitative estimate of drug-likeness (QED) is 0.0222. The van der Waals surface area contributed by atoms with Gasteiger partial charge in [0.15, 0.2) is 12.2 Å². The van der Waals surface area contributed by atoms with Gasteiger partial charge in [-0.15, -0.1) is 0 Å². The van der Waals surface area contributed by atoms with Gasteiger partial charge in [-0.3, -0.25) is 37.3 Å². The second-order valence-electron chi connectivity index (χ2n) is 29.7. The summed E-state index contributed by atoms with van der Waals surface area (Å²) in [5.41, 5.74) is 0. The SMILES string of the molecule is CC(C)CCCCCCCCCCCCCCCCC(=O)O[C@H](COC(=O)CCCCCCCCCC(C)C)COP(=O)(O)OCC(O)COP(=O)(O)OC[C@@H](COC(=O)CCCCCCCCCCCCCCCC(C)C)OC(=O)CCCCCCCCCCCCC(C)C. The smallest absolute Gasteiger partial charge is 0.462 e. The fourth-order valence-corrected chi connectivity index (χ4v) is 13.3. The first-order chi connectivity index (χ1) is 46.1. The maximum absolute atomic E-state index is 13.1. The van der Waals surface area contributed by atoms with Gasteiger partial charge in [0.25, 0.3) is 0 Å². The molecule has 5 atom stereocenters. The number of aliphatic hydroxyl groups excluding tert-OH is 1. The number of carbonyl (C=O) groups excluding carboxylic acids is 4. The van der Waals surface area contributed by atoms with Gasteiger partial charge in [0.05, 0.1) is 26.4 Å². The Hall–Kier alpha value is -1.94. The third-order valence-corrected chi connectivity index (χ3v) is 19.7. The highest BCUT2D eigenvalue weighted by Crippen LogP contribution is 2.45. The van der Waals surface area contributed by atoms with Gasteiger partial charge < -0.3 is 33.8 Å². The number of carbonyl (C=O) groups is 4. The first-order valence-corrected chi connectivity index (χ1v) is 42.7. The Labute approximate surface area is 588 Å². The molecule has 0 saturated heterocycles. The molecule has 0 bridgehead atoms. The second kappa shape index (κ2) is 66.3. The standard InChI is InChI=1S/C77H150O17P2/c1-67(2)53-45-37-29-22-16-12-9-10-14-19-26-34-43-51-59-76(81)94-73(64-88-75(80)58-50-42-36-28-32-40-48-56-70(7)8)66-92-96(85,86)90-62-71(78)61-89-95(83,84)91-65-72(93-77(82)60-52-44-35-27-21-20-24-31-39-47-55-69(5)6)63-87-74(79)57-49-41-33-25-18-15-11-13-17-23-30-38-46-54-68(3)4/h67-73,78H,9-66H2,1-8H3,(H,83,84)(H,85,86)/t71?,72-,73-/m1/s1. The van der Waals surface area contributed by atoms with E-state index in [0.717, 1.165) is 114 Å². The van der Waals surface area contributed by atoms with Gasteiger partial charge in [0.2, 0.25) is 0 Å².